The maximum atomic E-state index is 9.63. The second-order valence-electron chi connectivity index (χ2n) is 4.64. The minimum atomic E-state index is -0.376. The van der Waals surface area contributed by atoms with E-state index < -0.39 is 0 Å². The minimum Gasteiger partial charge on any atom is -0.380 e. The van der Waals surface area contributed by atoms with Gasteiger partial charge in [0.25, 0.3) is 0 Å². The molecule has 0 radical (unpaired) electrons. The van der Waals surface area contributed by atoms with E-state index in [2.05, 4.69) is 18.8 Å². The smallest absolute Gasteiger partial charge is 0.114 e. The third-order valence-corrected chi connectivity index (χ3v) is 3.14. The third kappa shape index (κ3) is 5.85. The summed E-state index contributed by atoms with van der Waals surface area (Å²) >= 11 is 0. The topological polar surface area (TPSA) is 20.2 Å². The Labute approximate surface area is 94.3 Å². The van der Waals surface area contributed by atoms with Crippen molar-refractivity contribution < 1.29 is 5.11 Å². The maximum absolute atomic E-state index is 9.63. The molecule has 0 aliphatic heterocycles. The number of rotatable bonds is 4. The predicted octanol–water partition coefficient (Wildman–Crippen LogP) is 3.51. The lowest BCUT2D eigenvalue weighted by Gasteiger charge is -2.15. The summed E-state index contributed by atoms with van der Waals surface area (Å²) < 4.78 is 0. The molecule has 1 atom stereocenters. The molecule has 1 nitrogen and oxygen atoms in total. The van der Waals surface area contributed by atoms with Crippen LogP contribution in [0.15, 0.2) is 0 Å². The molecule has 1 fully saturated rings. The maximum Gasteiger partial charge on any atom is 0.114 e. The van der Waals surface area contributed by atoms with Gasteiger partial charge in [0.15, 0.2) is 0 Å². The van der Waals surface area contributed by atoms with Crippen LogP contribution in [-0.4, -0.2) is 11.2 Å². The molecule has 0 bridgehead atoms. The number of unbranched alkanes of at least 4 members (excludes halogenated alkanes) is 2. The molecule has 1 N–H and O–H groups in total. The van der Waals surface area contributed by atoms with Crippen molar-refractivity contribution in [3.8, 4) is 11.8 Å². The Morgan fingerprint density at radius 3 is 2.60 bits per heavy atom. The first-order valence-electron chi connectivity index (χ1n) is 6.52. The predicted molar refractivity (Wildman–Crippen MR) is 64.5 cm³/mol. The second kappa shape index (κ2) is 7.77. The normalized spacial score (nSPS) is 19.3. The van der Waals surface area contributed by atoms with Crippen LogP contribution in [0.5, 0.6) is 0 Å². The first kappa shape index (κ1) is 12.6. The molecule has 0 aromatic rings. The molecular formula is C14H24O. The van der Waals surface area contributed by atoms with Crippen molar-refractivity contribution in [1.82, 2.24) is 0 Å². The van der Waals surface area contributed by atoms with Gasteiger partial charge in [-0.3, -0.25) is 0 Å². The van der Waals surface area contributed by atoms with Crippen molar-refractivity contribution in [2.45, 2.75) is 70.8 Å². The molecule has 0 spiro atoms. The van der Waals surface area contributed by atoms with Gasteiger partial charge in [0.2, 0.25) is 0 Å². The summed E-state index contributed by atoms with van der Waals surface area (Å²) in [7, 11) is 0. The van der Waals surface area contributed by atoms with E-state index in [1.54, 1.807) is 0 Å². The van der Waals surface area contributed by atoms with Crippen molar-refractivity contribution >= 4 is 0 Å². The lowest BCUT2D eigenvalue weighted by molar-refractivity contribution is 0.217. The molecule has 0 amide bonds. The van der Waals surface area contributed by atoms with Crippen LogP contribution < -0.4 is 0 Å². The van der Waals surface area contributed by atoms with Gasteiger partial charge in [-0.25, -0.2) is 0 Å². The van der Waals surface area contributed by atoms with E-state index >= 15 is 0 Å². The largest absolute Gasteiger partial charge is 0.380 e. The molecule has 86 valence electrons. The van der Waals surface area contributed by atoms with Crippen LogP contribution in [-0.2, 0) is 0 Å². The number of hydrogen-bond donors (Lipinski definition) is 1. The molecule has 1 heteroatoms. The number of hydrogen-bond acceptors (Lipinski definition) is 1. The van der Waals surface area contributed by atoms with Gasteiger partial charge in [0.1, 0.15) is 6.10 Å². The molecule has 15 heavy (non-hydrogen) atoms. The molecule has 0 aromatic carbocycles. The summed E-state index contributed by atoms with van der Waals surface area (Å²) in [6, 6.07) is 0. The van der Waals surface area contributed by atoms with E-state index in [-0.39, 0.29) is 6.10 Å². The molecule has 1 unspecified atom stereocenters. The van der Waals surface area contributed by atoms with Gasteiger partial charge in [-0.2, -0.15) is 0 Å². The lowest BCUT2D eigenvalue weighted by atomic mass is 9.89. The fraction of sp³-hybridized carbons (Fsp3) is 0.857. The molecule has 1 rings (SSSR count). The number of aliphatic hydroxyl groups excluding tert-OH is 1. The molecule has 1 aliphatic rings. The van der Waals surface area contributed by atoms with Crippen molar-refractivity contribution in [3.05, 3.63) is 0 Å². The highest BCUT2D eigenvalue weighted by molar-refractivity contribution is 5.08. The van der Waals surface area contributed by atoms with Gasteiger partial charge in [0.05, 0.1) is 0 Å². The Hall–Kier alpha value is -0.480. The summed E-state index contributed by atoms with van der Waals surface area (Å²) in [5, 5.41) is 9.63. The van der Waals surface area contributed by atoms with Crippen LogP contribution in [0.25, 0.3) is 0 Å². The SMILES string of the molecule is CCCCCC(O)C#CC1CCCCC1. The van der Waals surface area contributed by atoms with Crippen LogP contribution in [0.4, 0.5) is 0 Å². The zero-order valence-corrected chi connectivity index (χ0v) is 9.97. The molecule has 0 heterocycles. The van der Waals surface area contributed by atoms with Crippen molar-refractivity contribution in [1.29, 1.82) is 0 Å². The molecular weight excluding hydrogens is 184 g/mol. The van der Waals surface area contributed by atoms with Crippen molar-refractivity contribution in [3.63, 3.8) is 0 Å². The van der Waals surface area contributed by atoms with Gasteiger partial charge < -0.3 is 5.11 Å². The Morgan fingerprint density at radius 1 is 1.20 bits per heavy atom. The zero-order valence-electron chi connectivity index (χ0n) is 9.97. The Kier molecular flexibility index (Phi) is 6.52. The minimum absolute atomic E-state index is 0.376. The Morgan fingerprint density at radius 2 is 1.93 bits per heavy atom. The first-order valence-corrected chi connectivity index (χ1v) is 6.52. The third-order valence-electron chi connectivity index (χ3n) is 3.14. The monoisotopic (exact) mass is 208 g/mol. The second-order valence-corrected chi connectivity index (χ2v) is 4.64. The van der Waals surface area contributed by atoms with Gasteiger partial charge in [-0.15, -0.1) is 0 Å². The first-order chi connectivity index (χ1) is 7.33. The summed E-state index contributed by atoms with van der Waals surface area (Å²) in [4.78, 5) is 0. The van der Waals surface area contributed by atoms with Gasteiger partial charge >= 0.3 is 0 Å². The highest BCUT2D eigenvalue weighted by Crippen LogP contribution is 2.22. The summed E-state index contributed by atoms with van der Waals surface area (Å²) in [5.74, 6) is 6.83. The van der Waals surface area contributed by atoms with Crippen LogP contribution in [0, 0.1) is 17.8 Å². The molecule has 1 saturated carbocycles. The van der Waals surface area contributed by atoms with Crippen LogP contribution in [0.3, 0.4) is 0 Å². The highest BCUT2D eigenvalue weighted by Gasteiger charge is 2.10. The average molecular weight is 208 g/mol. The molecule has 0 aromatic heterocycles. The van der Waals surface area contributed by atoms with E-state index in [1.165, 1.54) is 44.9 Å². The highest BCUT2D eigenvalue weighted by atomic mass is 16.3. The fourth-order valence-electron chi connectivity index (χ4n) is 2.12. The van der Waals surface area contributed by atoms with Crippen molar-refractivity contribution in [2.24, 2.45) is 5.92 Å². The van der Waals surface area contributed by atoms with E-state index in [1.807, 2.05) is 0 Å². The molecule has 1 aliphatic carbocycles. The van der Waals surface area contributed by atoms with E-state index in [9.17, 15) is 5.11 Å². The van der Waals surface area contributed by atoms with Crippen LogP contribution >= 0.6 is 0 Å². The van der Waals surface area contributed by atoms with Gasteiger partial charge in [-0.05, 0) is 25.7 Å². The quantitative estimate of drug-likeness (QED) is 0.553. The summed E-state index contributed by atoms with van der Waals surface area (Å²) in [5.41, 5.74) is 0. The molecule has 0 saturated heterocycles. The fourth-order valence-corrected chi connectivity index (χ4v) is 2.12. The van der Waals surface area contributed by atoms with Gasteiger partial charge in [-0.1, -0.05) is 50.9 Å². The average Bonchev–Trinajstić information content (AvgIpc) is 2.28. The Balaban J connectivity index is 2.17. The Bertz CT molecular complexity index is 205. The van der Waals surface area contributed by atoms with Gasteiger partial charge in [0, 0.05) is 5.92 Å². The summed E-state index contributed by atoms with van der Waals surface area (Å²) in [6.45, 7) is 2.18. The van der Waals surface area contributed by atoms with E-state index in [0.29, 0.717) is 5.92 Å². The summed E-state index contributed by atoms with van der Waals surface area (Å²) in [6.07, 6.45) is 10.5. The van der Waals surface area contributed by atoms with Crippen molar-refractivity contribution in [2.75, 3.05) is 0 Å². The standard InChI is InChI=1S/C14H24O/c1-2-3-5-10-14(15)12-11-13-8-6-4-7-9-13/h13-15H,2-10H2,1H3. The lowest BCUT2D eigenvalue weighted by Crippen LogP contribution is -2.06. The number of aliphatic hydroxyl groups is 1. The zero-order chi connectivity index (χ0) is 10.9. The van der Waals surface area contributed by atoms with E-state index in [0.717, 1.165) is 12.8 Å². The van der Waals surface area contributed by atoms with Crippen LogP contribution in [0.1, 0.15) is 64.7 Å². The van der Waals surface area contributed by atoms with Crippen LogP contribution in [0.2, 0.25) is 0 Å². The van der Waals surface area contributed by atoms with E-state index in [4.69, 9.17) is 0 Å².